The molecule has 2 aromatic rings. The Labute approximate surface area is 116 Å². The molecule has 0 aliphatic heterocycles. The Kier molecular flexibility index (Phi) is 3.74. The van der Waals surface area contributed by atoms with Crippen LogP contribution in [0.5, 0.6) is 5.75 Å². The Morgan fingerprint density at radius 1 is 1.50 bits per heavy atom. The van der Waals surface area contributed by atoms with Crippen molar-refractivity contribution < 1.29 is 14.3 Å². The fourth-order valence-corrected chi connectivity index (χ4v) is 2.09. The number of carbonyl (C=O) groups excluding carboxylic acids is 1. The van der Waals surface area contributed by atoms with Crippen molar-refractivity contribution in [2.75, 3.05) is 0 Å². The standard InChI is InChI=1S/C14H16FN3O2/c1-8(12-7-18(3)17-9(12)2)16-14(20)11-6-10(15)4-5-13(11)19/h4-8,19H,1-3H3,(H,16,20). The zero-order chi connectivity index (χ0) is 14.9. The molecule has 106 valence electrons. The predicted molar refractivity (Wildman–Crippen MR) is 71.9 cm³/mol. The molecular weight excluding hydrogens is 261 g/mol. The second-order valence-corrected chi connectivity index (χ2v) is 4.70. The van der Waals surface area contributed by atoms with Crippen LogP contribution in [0.4, 0.5) is 4.39 Å². The summed E-state index contributed by atoms with van der Waals surface area (Å²) in [6, 6.07) is 2.97. The molecule has 1 heterocycles. The lowest BCUT2D eigenvalue weighted by molar-refractivity contribution is 0.0936. The van der Waals surface area contributed by atoms with Crippen LogP contribution in [0, 0.1) is 12.7 Å². The number of halogens is 1. The first kappa shape index (κ1) is 14.0. The average molecular weight is 277 g/mol. The van der Waals surface area contributed by atoms with Gasteiger partial charge in [-0.05, 0) is 32.0 Å². The fourth-order valence-electron chi connectivity index (χ4n) is 2.09. The zero-order valence-electron chi connectivity index (χ0n) is 11.5. The second kappa shape index (κ2) is 5.32. The third kappa shape index (κ3) is 2.79. The number of hydrogen-bond donors (Lipinski definition) is 2. The van der Waals surface area contributed by atoms with E-state index < -0.39 is 11.7 Å². The summed E-state index contributed by atoms with van der Waals surface area (Å²) in [5.74, 6) is -1.35. The maximum absolute atomic E-state index is 13.1. The van der Waals surface area contributed by atoms with Gasteiger partial charge in [0.1, 0.15) is 11.6 Å². The molecule has 0 spiro atoms. The number of hydrogen-bond acceptors (Lipinski definition) is 3. The van der Waals surface area contributed by atoms with Crippen molar-refractivity contribution in [3.63, 3.8) is 0 Å². The summed E-state index contributed by atoms with van der Waals surface area (Å²) in [5, 5.41) is 16.5. The van der Waals surface area contributed by atoms with Crippen LogP contribution in [0.3, 0.4) is 0 Å². The maximum atomic E-state index is 13.1. The first-order valence-electron chi connectivity index (χ1n) is 6.18. The van der Waals surface area contributed by atoms with Gasteiger partial charge in [-0.1, -0.05) is 0 Å². The third-order valence-corrected chi connectivity index (χ3v) is 3.07. The lowest BCUT2D eigenvalue weighted by Crippen LogP contribution is -2.27. The van der Waals surface area contributed by atoms with Crippen LogP contribution in [0.15, 0.2) is 24.4 Å². The van der Waals surface area contributed by atoms with E-state index in [1.54, 1.807) is 18.7 Å². The smallest absolute Gasteiger partial charge is 0.255 e. The van der Waals surface area contributed by atoms with Crippen LogP contribution < -0.4 is 5.32 Å². The number of phenols is 1. The molecule has 2 rings (SSSR count). The molecule has 0 saturated carbocycles. The van der Waals surface area contributed by atoms with Gasteiger partial charge in [0, 0.05) is 18.8 Å². The highest BCUT2D eigenvalue weighted by Crippen LogP contribution is 2.20. The van der Waals surface area contributed by atoms with Crippen molar-refractivity contribution >= 4 is 5.91 Å². The molecule has 0 aliphatic carbocycles. The summed E-state index contributed by atoms with van der Waals surface area (Å²) < 4.78 is 14.8. The molecule has 0 fully saturated rings. The van der Waals surface area contributed by atoms with E-state index in [0.717, 1.165) is 29.5 Å². The summed E-state index contributed by atoms with van der Waals surface area (Å²) in [4.78, 5) is 12.1. The molecule has 2 N–H and O–H groups in total. The summed E-state index contributed by atoms with van der Waals surface area (Å²) in [6.07, 6.45) is 1.81. The number of aryl methyl sites for hydroxylation is 2. The van der Waals surface area contributed by atoms with Gasteiger partial charge in [0.25, 0.3) is 5.91 Å². The minimum absolute atomic E-state index is 0.0848. The number of nitrogens with one attached hydrogen (secondary N) is 1. The molecule has 1 aromatic heterocycles. The molecule has 1 amide bonds. The summed E-state index contributed by atoms with van der Waals surface area (Å²) in [7, 11) is 1.80. The number of aromatic nitrogens is 2. The molecular formula is C14H16FN3O2. The van der Waals surface area contributed by atoms with Crippen LogP contribution in [0.1, 0.15) is 34.6 Å². The maximum Gasteiger partial charge on any atom is 0.255 e. The monoisotopic (exact) mass is 277 g/mol. The number of phenolic OH excluding ortho intramolecular Hbond substituents is 1. The molecule has 0 bridgehead atoms. The number of carbonyl (C=O) groups is 1. The van der Waals surface area contributed by atoms with Crippen molar-refractivity contribution in [1.29, 1.82) is 0 Å². The molecule has 0 aliphatic rings. The van der Waals surface area contributed by atoms with Crippen molar-refractivity contribution in [2.24, 2.45) is 7.05 Å². The number of aromatic hydroxyl groups is 1. The predicted octanol–water partition coefficient (Wildman–Crippen LogP) is 2.06. The van der Waals surface area contributed by atoms with Gasteiger partial charge in [-0.25, -0.2) is 4.39 Å². The summed E-state index contributed by atoms with van der Waals surface area (Å²) >= 11 is 0. The molecule has 1 unspecified atom stereocenters. The highest BCUT2D eigenvalue weighted by Gasteiger charge is 2.18. The second-order valence-electron chi connectivity index (χ2n) is 4.70. The normalized spacial score (nSPS) is 12.2. The lowest BCUT2D eigenvalue weighted by Gasteiger charge is -2.14. The molecule has 0 saturated heterocycles. The molecule has 0 radical (unpaired) electrons. The fraction of sp³-hybridized carbons (Fsp3) is 0.286. The van der Waals surface area contributed by atoms with Crippen LogP contribution in [0.2, 0.25) is 0 Å². The van der Waals surface area contributed by atoms with Gasteiger partial charge >= 0.3 is 0 Å². The average Bonchev–Trinajstić information content (AvgIpc) is 2.71. The quantitative estimate of drug-likeness (QED) is 0.902. The van der Waals surface area contributed by atoms with Gasteiger partial charge in [0.15, 0.2) is 0 Å². The van der Waals surface area contributed by atoms with Crippen molar-refractivity contribution in [1.82, 2.24) is 15.1 Å². The number of benzene rings is 1. The number of rotatable bonds is 3. The zero-order valence-corrected chi connectivity index (χ0v) is 11.5. The number of nitrogens with zero attached hydrogens (tertiary/aromatic N) is 2. The van der Waals surface area contributed by atoms with E-state index in [4.69, 9.17) is 0 Å². The van der Waals surface area contributed by atoms with Crippen LogP contribution in [-0.4, -0.2) is 20.8 Å². The van der Waals surface area contributed by atoms with Crippen LogP contribution >= 0.6 is 0 Å². The highest BCUT2D eigenvalue weighted by molar-refractivity contribution is 5.97. The van der Waals surface area contributed by atoms with Gasteiger partial charge in [-0.2, -0.15) is 5.10 Å². The van der Waals surface area contributed by atoms with E-state index in [9.17, 15) is 14.3 Å². The van der Waals surface area contributed by atoms with Crippen LogP contribution in [0.25, 0.3) is 0 Å². The van der Waals surface area contributed by atoms with E-state index >= 15 is 0 Å². The van der Waals surface area contributed by atoms with Gasteiger partial charge in [-0.3, -0.25) is 9.48 Å². The van der Waals surface area contributed by atoms with Gasteiger partial charge in [0.2, 0.25) is 0 Å². The Bertz CT molecular complexity index is 652. The van der Waals surface area contributed by atoms with Crippen molar-refractivity contribution in [2.45, 2.75) is 19.9 Å². The van der Waals surface area contributed by atoms with E-state index in [1.165, 1.54) is 0 Å². The molecule has 1 atom stereocenters. The lowest BCUT2D eigenvalue weighted by atomic mass is 10.1. The van der Waals surface area contributed by atoms with Gasteiger partial charge in [0.05, 0.1) is 17.3 Å². The molecule has 5 nitrogen and oxygen atoms in total. The SMILES string of the molecule is Cc1nn(C)cc1C(C)NC(=O)c1cc(F)ccc1O. The van der Waals surface area contributed by atoms with E-state index in [1.807, 2.05) is 13.1 Å². The van der Waals surface area contributed by atoms with E-state index in [-0.39, 0.29) is 17.4 Å². The Balaban J connectivity index is 2.19. The minimum atomic E-state index is -0.571. The van der Waals surface area contributed by atoms with E-state index in [2.05, 4.69) is 10.4 Å². The molecule has 1 aromatic carbocycles. The molecule has 20 heavy (non-hydrogen) atoms. The minimum Gasteiger partial charge on any atom is -0.507 e. The van der Waals surface area contributed by atoms with Crippen LogP contribution in [-0.2, 0) is 7.05 Å². The first-order chi connectivity index (χ1) is 9.38. The Hall–Kier alpha value is -2.37. The van der Waals surface area contributed by atoms with Crippen molar-refractivity contribution in [3.8, 4) is 5.75 Å². The largest absolute Gasteiger partial charge is 0.507 e. The highest BCUT2D eigenvalue weighted by atomic mass is 19.1. The topological polar surface area (TPSA) is 67.2 Å². The Morgan fingerprint density at radius 2 is 2.20 bits per heavy atom. The summed E-state index contributed by atoms with van der Waals surface area (Å²) in [5.41, 5.74) is 1.60. The van der Waals surface area contributed by atoms with Gasteiger partial charge in [-0.15, -0.1) is 0 Å². The van der Waals surface area contributed by atoms with Crippen molar-refractivity contribution in [3.05, 3.63) is 47.0 Å². The first-order valence-corrected chi connectivity index (χ1v) is 6.18. The van der Waals surface area contributed by atoms with Gasteiger partial charge < -0.3 is 10.4 Å². The summed E-state index contributed by atoms with van der Waals surface area (Å²) in [6.45, 7) is 3.65. The Morgan fingerprint density at radius 3 is 2.80 bits per heavy atom. The number of amides is 1. The van der Waals surface area contributed by atoms with E-state index in [0.29, 0.717) is 0 Å². The molecule has 6 heteroatoms. The third-order valence-electron chi connectivity index (χ3n) is 3.07.